The lowest BCUT2D eigenvalue weighted by atomic mass is 10.1. The monoisotopic (exact) mass is 200 g/mol. The quantitative estimate of drug-likeness (QED) is 0.744. The van der Waals surface area contributed by atoms with Gasteiger partial charge in [0.1, 0.15) is 0 Å². The first kappa shape index (κ1) is 12.3. The molecule has 0 amide bonds. The van der Waals surface area contributed by atoms with E-state index in [1.165, 1.54) is 5.69 Å². The van der Waals surface area contributed by atoms with Gasteiger partial charge in [-0.05, 0) is 25.0 Å². The molecule has 0 aromatic carbocycles. The zero-order valence-corrected chi connectivity index (χ0v) is 8.76. The van der Waals surface area contributed by atoms with Gasteiger partial charge in [-0.15, -0.1) is 19.0 Å². The van der Waals surface area contributed by atoms with Crippen molar-refractivity contribution in [2.24, 2.45) is 12.8 Å². The molecule has 1 atom stereocenters. The summed E-state index contributed by atoms with van der Waals surface area (Å²) in [6.45, 7) is 3.67. The van der Waals surface area contributed by atoms with Gasteiger partial charge in [-0.2, -0.15) is 0 Å². The van der Waals surface area contributed by atoms with Crippen molar-refractivity contribution in [3.63, 3.8) is 0 Å². The first-order valence-corrected chi connectivity index (χ1v) is 4.23. The minimum atomic E-state index is 0. The summed E-state index contributed by atoms with van der Waals surface area (Å²) in [5, 5.41) is 0. The third-order valence-corrected chi connectivity index (χ3v) is 2.05. The van der Waals surface area contributed by atoms with Gasteiger partial charge in [0.2, 0.25) is 0 Å². The Morgan fingerprint density at radius 1 is 1.69 bits per heavy atom. The third-order valence-electron chi connectivity index (χ3n) is 2.05. The minimum Gasteiger partial charge on any atom is -0.353 e. The molecule has 1 aromatic rings. The van der Waals surface area contributed by atoms with E-state index in [2.05, 4.69) is 17.2 Å². The predicted octanol–water partition coefficient (Wildman–Crippen LogP) is 2.41. The number of aryl methyl sites for hydroxylation is 1. The maximum Gasteiger partial charge on any atom is 0.0452 e. The molecule has 2 N–H and O–H groups in total. The highest BCUT2D eigenvalue weighted by Crippen LogP contribution is 2.15. The number of aromatic nitrogens is 1. The van der Waals surface area contributed by atoms with E-state index < -0.39 is 0 Å². The van der Waals surface area contributed by atoms with E-state index >= 15 is 0 Å². The fraction of sp³-hybridized carbons (Fsp3) is 0.400. The van der Waals surface area contributed by atoms with Gasteiger partial charge in [-0.1, -0.05) is 6.08 Å². The van der Waals surface area contributed by atoms with Crippen molar-refractivity contribution in [2.45, 2.75) is 18.9 Å². The van der Waals surface area contributed by atoms with Crippen molar-refractivity contribution >= 4 is 12.4 Å². The van der Waals surface area contributed by atoms with Crippen molar-refractivity contribution in [1.29, 1.82) is 0 Å². The van der Waals surface area contributed by atoms with Crippen LogP contribution in [0, 0.1) is 0 Å². The van der Waals surface area contributed by atoms with Crippen LogP contribution in [-0.4, -0.2) is 4.57 Å². The molecule has 3 heteroatoms. The zero-order valence-electron chi connectivity index (χ0n) is 7.94. The second-order valence-electron chi connectivity index (χ2n) is 3.02. The van der Waals surface area contributed by atoms with Crippen molar-refractivity contribution in [1.82, 2.24) is 4.57 Å². The predicted molar refractivity (Wildman–Crippen MR) is 59.0 cm³/mol. The fourth-order valence-corrected chi connectivity index (χ4v) is 1.30. The number of nitrogens with two attached hydrogens (primary N) is 1. The van der Waals surface area contributed by atoms with Crippen LogP contribution in [-0.2, 0) is 7.05 Å². The number of nitrogens with zero attached hydrogens (tertiary/aromatic N) is 1. The van der Waals surface area contributed by atoms with Gasteiger partial charge in [0.15, 0.2) is 0 Å². The molecule has 1 aromatic heterocycles. The molecule has 0 spiro atoms. The summed E-state index contributed by atoms with van der Waals surface area (Å²) < 4.78 is 2.06. The molecule has 0 fully saturated rings. The minimum absolute atomic E-state index is 0. The van der Waals surface area contributed by atoms with Gasteiger partial charge < -0.3 is 10.3 Å². The Labute approximate surface area is 85.8 Å². The Morgan fingerprint density at radius 3 is 2.85 bits per heavy atom. The molecule has 0 unspecified atom stereocenters. The van der Waals surface area contributed by atoms with Crippen LogP contribution in [0.5, 0.6) is 0 Å². The molecule has 0 bridgehead atoms. The average molecular weight is 201 g/mol. The van der Waals surface area contributed by atoms with E-state index in [0.717, 1.165) is 12.8 Å². The number of allylic oxidation sites excluding steroid dienone is 1. The molecule has 0 aliphatic carbocycles. The summed E-state index contributed by atoms with van der Waals surface area (Å²) in [7, 11) is 2.02. The Bertz CT molecular complexity index is 255. The highest BCUT2D eigenvalue weighted by Gasteiger charge is 2.06. The molecule has 2 nitrogen and oxygen atoms in total. The van der Waals surface area contributed by atoms with Gasteiger partial charge in [0.05, 0.1) is 0 Å². The topological polar surface area (TPSA) is 30.9 Å². The lowest BCUT2D eigenvalue weighted by Gasteiger charge is -2.11. The summed E-state index contributed by atoms with van der Waals surface area (Å²) >= 11 is 0. The standard InChI is InChI=1S/C10H16N2.ClH/c1-3-4-6-9(11)10-7-5-8-12(10)2;/h3,5,7-9H,1,4,6,11H2,2H3;1H/t9-;/m1./s1. The summed E-state index contributed by atoms with van der Waals surface area (Å²) in [6.07, 6.45) is 5.87. The van der Waals surface area contributed by atoms with Crippen LogP contribution >= 0.6 is 12.4 Å². The van der Waals surface area contributed by atoms with Gasteiger partial charge in [0.25, 0.3) is 0 Å². The van der Waals surface area contributed by atoms with E-state index in [-0.39, 0.29) is 18.4 Å². The third kappa shape index (κ3) is 3.25. The largest absolute Gasteiger partial charge is 0.353 e. The Morgan fingerprint density at radius 2 is 2.38 bits per heavy atom. The Hall–Kier alpha value is -0.730. The van der Waals surface area contributed by atoms with Crippen molar-refractivity contribution in [3.8, 4) is 0 Å². The van der Waals surface area contributed by atoms with Crippen LogP contribution in [0.2, 0.25) is 0 Å². The van der Waals surface area contributed by atoms with E-state index in [0.29, 0.717) is 0 Å². The molecule has 1 heterocycles. The summed E-state index contributed by atoms with van der Waals surface area (Å²) in [4.78, 5) is 0. The molecule has 0 saturated heterocycles. The summed E-state index contributed by atoms with van der Waals surface area (Å²) in [5.41, 5.74) is 7.15. The van der Waals surface area contributed by atoms with Crippen LogP contribution in [0.1, 0.15) is 24.6 Å². The number of hydrogen-bond donors (Lipinski definition) is 1. The molecule has 0 radical (unpaired) electrons. The fourth-order valence-electron chi connectivity index (χ4n) is 1.30. The molecule has 0 saturated carbocycles. The Balaban J connectivity index is 0.00000144. The van der Waals surface area contributed by atoms with Crippen LogP contribution in [0.25, 0.3) is 0 Å². The zero-order chi connectivity index (χ0) is 8.97. The second-order valence-corrected chi connectivity index (χ2v) is 3.02. The van der Waals surface area contributed by atoms with E-state index in [1.54, 1.807) is 0 Å². The lowest BCUT2D eigenvalue weighted by molar-refractivity contribution is 0.614. The molecular formula is C10H17ClN2. The molecule has 0 aliphatic heterocycles. The smallest absolute Gasteiger partial charge is 0.0452 e. The Kier molecular flexibility index (Phi) is 5.51. The van der Waals surface area contributed by atoms with Gasteiger partial charge in [0, 0.05) is 25.0 Å². The molecule has 13 heavy (non-hydrogen) atoms. The maximum atomic E-state index is 5.96. The number of halogens is 1. The molecular weight excluding hydrogens is 184 g/mol. The molecule has 0 aliphatic rings. The van der Waals surface area contributed by atoms with Crippen LogP contribution in [0.4, 0.5) is 0 Å². The van der Waals surface area contributed by atoms with Crippen LogP contribution in [0.3, 0.4) is 0 Å². The van der Waals surface area contributed by atoms with Gasteiger partial charge >= 0.3 is 0 Å². The summed E-state index contributed by atoms with van der Waals surface area (Å²) in [5.74, 6) is 0. The van der Waals surface area contributed by atoms with E-state index in [9.17, 15) is 0 Å². The van der Waals surface area contributed by atoms with Crippen molar-refractivity contribution < 1.29 is 0 Å². The maximum absolute atomic E-state index is 5.96. The highest BCUT2D eigenvalue weighted by molar-refractivity contribution is 5.85. The second kappa shape index (κ2) is 5.84. The average Bonchev–Trinajstić information content (AvgIpc) is 2.47. The van der Waals surface area contributed by atoms with Crippen LogP contribution in [0.15, 0.2) is 31.0 Å². The first-order chi connectivity index (χ1) is 5.75. The first-order valence-electron chi connectivity index (χ1n) is 4.23. The summed E-state index contributed by atoms with van der Waals surface area (Å²) in [6, 6.07) is 4.22. The van der Waals surface area contributed by atoms with Crippen molar-refractivity contribution in [3.05, 3.63) is 36.7 Å². The number of rotatable bonds is 4. The van der Waals surface area contributed by atoms with Gasteiger partial charge in [-0.3, -0.25) is 0 Å². The molecule has 1 rings (SSSR count). The SMILES string of the molecule is C=CCC[C@@H](N)c1cccn1C.Cl. The van der Waals surface area contributed by atoms with E-state index in [4.69, 9.17) is 5.73 Å². The normalized spacial score (nSPS) is 11.8. The number of hydrogen-bond acceptors (Lipinski definition) is 1. The molecule has 74 valence electrons. The van der Waals surface area contributed by atoms with Gasteiger partial charge in [-0.25, -0.2) is 0 Å². The van der Waals surface area contributed by atoms with E-state index in [1.807, 2.05) is 25.4 Å². The van der Waals surface area contributed by atoms with Crippen molar-refractivity contribution in [2.75, 3.05) is 0 Å². The highest BCUT2D eigenvalue weighted by atomic mass is 35.5. The lowest BCUT2D eigenvalue weighted by Crippen LogP contribution is -2.13. The van der Waals surface area contributed by atoms with Crippen LogP contribution < -0.4 is 5.73 Å².